The molecule has 1 amide bonds. The lowest BCUT2D eigenvalue weighted by Gasteiger charge is -2.30. The van der Waals surface area contributed by atoms with Crippen molar-refractivity contribution in [3.05, 3.63) is 105 Å². The Morgan fingerprint density at radius 1 is 1.10 bits per heavy atom. The van der Waals surface area contributed by atoms with Gasteiger partial charge in [-0.15, -0.1) is 0 Å². The smallest absolute Gasteiger partial charge is 0.250 e. The van der Waals surface area contributed by atoms with Crippen LogP contribution in [0.2, 0.25) is 5.02 Å². The normalized spacial score (nSPS) is 15.5. The number of hydrogen-bond donors (Lipinski definition) is 2. The summed E-state index contributed by atoms with van der Waals surface area (Å²) < 4.78 is 0. The van der Waals surface area contributed by atoms with Gasteiger partial charge in [-0.1, -0.05) is 54.1 Å². The van der Waals surface area contributed by atoms with Crippen molar-refractivity contribution < 1.29 is 4.79 Å². The van der Waals surface area contributed by atoms with E-state index in [1.165, 1.54) is 0 Å². The summed E-state index contributed by atoms with van der Waals surface area (Å²) in [5.41, 5.74) is 5.61. The van der Waals surface area contributed by atoms with Gasteiger partial charge in [0.25, 0.3) is 0 Å². The Bertz CT molecular complexity index is 1080. The first-order chi connectivity index (χ1) is 14.0. The highest BCUT2D eigenvalue weighted by atomic mass is 35.5. The second-order valence-electron chi connectivity index (χ2n) is 7.27. The highest BCUT2D eigenvalue weighted by molar-refractivity contribution is 6.30. The first-order valence-electron chi connectivity index (χ1n) is 9.55. The molecule has 1 atom stereocenters. The van der Waals surface area contributed by atoms with Crippen molar-refractivity contribution in [2.45, 2.75) is 26.3 Å². The molecule has 5 heteroatoms. The van der Waals surface area contributed by atoms with Crippen LogP contribution in [0.1, 0.15) is 35.1 Å². The summed E-state index contributed by atoms with van der Waals surface area (Å²) in [6.07, 6.45) is 1.83. The van der Waals surface area contributed by atoms with E-state index < -0.39 is 0 Å². The molecule has 2 aromatic carbocycles. The number of halogens is 1. The average molecular weight is 404 g/mol. The lowest BCUT2D eigenvalue weighted by molar-refractivity contribution is -0.117. The number of anilines is 1. The molecular weight excluding hydrogens is 382 g/mol. The van der Waals surface area contributed by atoms with Gasteiger partial charge < -0.3 is 10.6 Å². The fraction of sp³-hybridized carbons (Fsp3) is 0.167. The van der Waals surface area contributed by atoms with Gasteiger partial charge in [-0.3, -0.25) is 4.79 Å². The molecule has 29 heavy (non-hydrogen) atoms. The minimum absolute atomic E-state index is 0.0917. The summed E-state index contributed by atoms with van der Waals surface area (Å²) in [5, 5.41) is 7.05. The van der Waals surface area contributed by atoms with Crippen LogP contribution in [0.5, 0.6) is 0 Å². The Balaban J connectivity index is 1.73. The Hall–Kier alpha value is -3.11. The number of aromatic nitrogens is 1. The van der Waals surface area contributed by atoms with Crippen LogP contribution in [0.25, 0.3) is 0 Å². The molecule has 0 saturated heterocycles. The number of amides is 1. The number of pyridine rings is 1. The van der Waals surface area contributed by atoms with E-state index in [4.69, 9.17) is 11.6 Å². The van der Waals surface area contributed by atoms with Gasteiger partial charge in [0.05, 0.1) is 0 Å². The molecule has 146 valence electrons. The molecule has 1 aromatic heterocycles. The second-order valence-corrected chi connectivity index (χ2v) is 7.70. The number of carbonyl (C=O) groups is 1. The Labute approximate surface area is 175 Å². The molecule has 2 heterocycles. The summed E-state index contributed by atoms with van der Waals surface area (Å²) >= 11 is 6.11. The van der Waals surface area contributed by atoms with Crippen molar-refractivity contribution in [1.82, 2.24) is 10.3 Å². The molecule has 4 nitrogen and oxygen atoms in total. The summed E-state index contributed by atoms with van der Waals surface area (Å²) in [7, 11) is 0. The van der Waals surface area contributed by atoms with Crippen LogP contribution in [0.4, 0.5) is 5.82 Å². The monoisotopic (exact) mass is 403 g/mol. The van der Waals surface area contributed by atoms with Crippen LogP contribution in [-0.4, -0.2) is 10.9 Å². The summed E-state index contributed by atoms with van der Waals surface area (Å²) in [6, 6.07) is 19.7. The predicted octanol–water partition coefficient (Wildman–Crippen LogP) is 5.19. The lowest BCUT2D eigenvalue weighted by Crippen LogP contribution is -2.32. The minimum Gasteiger partial charge on any atom is -0.348 e. The van der Waals surface area contributed by atoms with E-state index in [0.717, 1.165) is 33.8 Å². The summed E-state index contributed by atoms with van der Waals surface area (Å²) in [6.45, 7) is 4.40. The van der Waals surface area contributed by atoms with Crippen LogP contribution >= 0.6 is 11.6 Å². The van der Waals surface area contributed by atoms with E-state index in [1.807, 2.05) is 74.6 Å². The quantitative estimate of drug-likeness (QED) is 0.630. The van der Waals surface area contributed by atoms with Crippen LogP contribution in [0.15, 0.2) is 78.1 Å². The van der Waals surface area contributed by atoms with E-state index in [0.29, 0.717) is 17.1 Å². The zero-order chi connectivity index (χ0) is 20.4. The maximum atomic E-state index is 13.3. The van der Waals surface area contributed by atoms with Gasteiger partial charge in [0.15, 0.2) is 0 Å². The molecule has 0 radical (unpaired) electrons. The number of aryl methyl sites for hydroxylation is 1. The van der Waals surface area contributed by atoms with Crippen molar-refractivity contribution in [2.24, 2.45) is 0 Å². The number of nitrogens with one attached hydrogen (secondary N) is 2. The summed E-state index contributed by atoms with van der Waals surface area (Å²) in [4.78, 5) is 17.8. The van der Waals surface area contributed by atoms with Gasteiger partial charge >= 0.3 is 0 Å². The second kappa shape index (κ2) is 8.10. The van der Waals surface area contributed by atoms with Gasteiger partial charge in [0.2, 0.25) is 5.91 Å². The molecule has 0 spiro atoms. The van der Waals surface area contributed by atoms with Gasteiger partial charge in [-0.2, -0.15) is 0 Å². The van der Waals surface area contributed by atoms with Crippen molar-refractivity contribution >= 4 is 23.3 Å². The predicted molar refractivity (Wildman–Crippen MR) is 117 cm³/mol. The van der Waals surface area contributed by atoms with Crippen LogP contribution in [0.3, 0.4) is 0 Å². The van der Waals surface area contributed by atoms with Crippen LogP contribution in [-0.2, 0) is 11.3 Å². The number of fused-ring (bicyclic) bond motifs is 1. The molecule has 2 N–H and O–H groups in total. The molecule has 1 aliphatic rings. The topological polar surface area (TPSA) is 54.0 Å². The molecule has 0 saturated carbocycles. The van der Waals surface area contributed by atoms with Crippen molar-refractivity contribution in [2.75, 3.05) is 5.32 Å². The molecule has 1 aliphatic heterocycles. The average Bonchev–Trinajstić information content (AvgIpc) is 2.73. The maximum Gasteiger partial charge on any atom is 0.250 e. The van der Waals surface area contributed by atoms with Gasteiger partial charge in [-0.25, -0.2) is 4.98 Å². The number of benzene rings is 2. The largest absolute Gasteiger partial charge is 0.348 e. The molecule has 3 aromatic rings. The van der Waals surface area contributed by atoms with E-state index in [1.54, 1.807) is 0 Å². The molecule has 0 fully saturated rings. The van der Waals surface area contributed by atoms with Crippen molar-refractivity contribution in [3.63, 3.8) is 0 Å². The van der Waals surface area contributed by atoms with Crippen molar-refractivity contribution in [3.8, 4) is 0 Å². The van der Waals surface area contributed by atoms with Crippen LogP contribution < -0.4 is 10.6 Å². The zero-order valence-corrected chi connectivity index (χ0v) is 17.1. The molecule has 1 unspecified atom stereocenters. The third kappa shape index (κ3) is 4.03. The van der Waals surface area contributed by atoms with Crippen LogP contribution in [0, 0.1) is 6.92 Å². The minimum atomic E-state index is -0.216. The Morgan fingerprint density at radius 2 is 1.83 bits per heavy atom. The molecule has 0 bridgehead atoms. The molecule has 0 aliphatic carbocycles. The highest BCUT2D eigenvalue weighted by Gasteiger charge is 2.32. The van der Waals surface area contributed by atoms with Gasteiger partial charge in [-0.05, 0) is 48.7 Å². The van der Waals surface area contributed by atoms with Gasteiger partial charge in [0.1, 0.15) is 5.82 Å². The number of hydrogen-bond acceptors (Lipinski definition) is 3. The maximum absolute atomic E-state index is 13.3. The Morgan fingerprint density at radius 3 is 2.55 bits per heavy atom. The SMILES string of the molecule is CC1=C(C(=O)NCc2ccccc2)C(c2ccc(Cl)cc2)c2cc(C)cnc2N1. The fourth-order valence-electron chi connectivity index (χ4n) is 3.71. The fourth-order valence-corrected chi connectivity index (χ4v) is 3.84. The van der Waals surface area contributed by atoms with E-state index in [2.05, 4.69) is 21.7 Å². The lowest BCUT2D eigenvalue weighted by atomic mass is 9.81. The number of carbonyl (C=O) groups excluding carboxylic acids is 1. The number of allylic oxidation sites excluding steroid dienone is 1. The third-order valence-corrected chi connectivity index (χ3v) is 5.36. The van der Waals surface area contributed by atoms with Crippen molar-refractivity contribution in [1.29, 1.82) is 0 Å². The molecule has 4 rings (SSSR count). The van der Waals surface area contributed by atoms with E-state index >= 15 is 0 Å². The third-order valence-electron chi connectivity index (χ3n) is 5.11. The molecular formula is C24H22ClN3O. The number of rotatable bonds is 4. The summed E-state index contributed by atoms with van der Waals surface area (Å²) in [5.74, 6) is 0.477. The first-order valence-corrected chi connectivity index (χ1v) is 9.92. The number of nitrogens with zero attached hydrogens (tertiary/aromatic N) is 1. The highest BCUT2D eigenvalue weighted by Crippen LogP contribution is 2.41. The zero-order valence-electron chi connectivity index (χ0n) is 16.4. The van der Waals surface area contributed by atoms with E-state index in [-0.39, 0.29) is 11.8 Å². The Kier molecular flexibility index (Phi) is 5.36. The first kappa shape index (κ1) is 19.2. The standard InChI is InChI=1S/C24H22ClN3O/c1-15-12-20-22(18-8-10-19(25)11-9-18)21(16(2)28-23(20)26-13-15)24(29)27-14-17-6-4-3-5-7-17/h3-13,22H,14H2,1-2H3,(H,26,28)(H,27,29). The van der Waals surface area contributed by atoms with Gasteiger partial charge in [0, 0.05) is 40.5 Å². The van der Waals surface area contributed by atoms with E-state index in [9.17, 15) is 4.79 Å².